The summed E-state index contributed by atoms with van der Waals surface area (Å²) in [6.07, 6.45) is 7.07. The van der Waals surface area contributed by atoms with Crippen molar-refractivity contribution in [2.45, 2.75) is 19.5 Å². The second-order valence-electron chi connectivity index (χ2n) is 7.49. The SMILES string of the molecule is COc1ccccc1N1CC(C(=O)N(Cc2ccncc2)Cc2cccnc2)CC1=O. The number of nitrogens with zero attached hydrogens (tertiary/aromatic N) is 4. The summed E-state index contributed by atoms with van der Waals surface area (Å²) in [5.74, 6) is 0.0726. The van der Waals surface area contributed by atoms with E-state index in [0.29, 0.717) is 31.1 Å². The molecule has 1 saturated heterocycles. The Bertz CT molecular complexity index is 1000. The highest BCUT2D eigenvalue weighted by Gasteiger charge is 2.38. The van der Waals surface area contributed by atoms with E-state index < -0.39 is 5.92 Å². The average molecular weight is 416 g/mol. The van der Waals surface area contributed by atoms with Crippen LogP contribution < -0.4 is 9.64 Å². The second-order valence-corrected chi connectivity index (χ2v) is 7.49. The number of benzene rings is 1. The van der Waals surface area contributed by atoms with Crippen LogP contribution in [0, 0.1) is 5.92 Å². The van der Waals surface area contributed by atoms with Gasteiger partial charge < -0.3 is 14.5 Å². The molecule has 1 aliphatic heterocycles. The molecule has 2 amide bonds. The number of ether oxygens (including phenoxy) is 1. The van der Waals surface area contributed by atoms with Crippen LogP contribution in [0.5, 0.6) is 5.75 Å². The Morgan fingerprint density at radius 3 is 2.55 bits per heavy atom. The lowest BCUT2D eigenvalue weighted by molar-refractivity contribution is -0.137. The fourth-order valence-corrected chi connectivity index (χ4v) is 3.85. The highest BCUT2D eigenvalue weighted by molar-refractivity contribution is 6.01. The van der Waals surface area contributed by atoms with E-state index in [1.807, 2.05) is 48.5 Å². The van der Waals surface area contributed by atoms with Crippen LogP contribution in [0.1, 0.15) is 17.5 Å². The molecule has 2 aromatic heterocycles. The van der Waals surface area contributed by atoms with Crippen LogP contribution in [0.2, 0.25) is 0 Å². The van der Waals surface area contributed by atoms with Crippen LogP contribution in [0.25, 0.3) is 0 Å². The summed E-state index contributed by atoms with van der Waals surface area (Å²) in [7, 11) is 1.58. The van der Waals surface area contributed by atoms with E-state index in [4.69, 9.17) is 4.74 Å². The van der Waals surface area contributed by atoms with E-state index in [9.17, 15) is 9.59 Å². The molecule has 7 nitrogen and oxygen atoms in total. The zero-order valence-corrected chi connectivity index (χ0v) is 17.3. The molecule has 3 heterocycles. The van der Waals surface area contributed by atoms with Gasteiger partial charge in [-0.1, -0.05) is 18.2 Å². The zero-order valence-electron chi connectivity index (χ0n) is 17.3. The third kappa shape index (κ3) is 4.71. The van der Waals surface area contributed by atoms with Gasteiger partial charge in [-0.05, 0) is 41.5 Å². The molecule has 7 heteroatoms. The fraction of sp³-hybridized carbons (Fsp3) is 0.250. The van der Waals surface area contributed by atoms with Gasteiger partial charge in [0, 0.05) is 50.8 Å². The van der Waals surface area contributed by atoms with Crippen LogP contribution in [0.15, 0.2) is 73.3 Å². The van der Waals surface area contributed by atoms with Crippen molar-refractivity contribution in [2.75, 3.05) is 18.6 Å². The Kier molecular flexibility index (Phi) is 6.21. The summed E-state index contributed by atoms with van der Waals surface area (Å²) in [5, 5.41) is 0. The number of hydrogen-bond donors (Lipinski definition) is 0. The monoisotopic (exact) mass is 416 g/mol. The van der Waals surface area contributed by atoms with Gasteiger partial charge in [-0.25, -0.2) is 0 Å². The fourth-order valence-electron chi connectivity index (χ4n) is 3.85. The van der Waals surface area contributed by atoms with E-state index in [2.05, 4.69) is 9.97 Å². The Morgan fingerprint density at radius 1 is 1.03 bits per heavy atom. The smallest absolute Gasteiger partial charge is 0.228 e. The van der Waals surface area contributed by atoms with Gasteiger partial charge in [0.25, 0.3) is 0 Å². The Morgan fingerprint density at radius 2 is 1.81 bits per heavy atom. The van der Waals surface area contributed by atoms with Gasteiger partial charge >= 0.3 is 0 Å². The second kappa shape index (κ2) is 9.38. The molecule has 4 rings (SSSR count). The van der Waals surface area contributed by atoms with Gasteiger partial charge in [0.15, 0.2) is 0 Å². The number of rotatable bonds is 7. The first-order valence-corrected chi connectivity index (χ1v) is 10.2. The molecule has 0 radical (unpaired) electrons. The van der Waals surface area contributed by atoms with Crippen LogP contribution in [0.3, 0.4) is 0 Å². The van der Waals surface area contributed by atoms with Crippen molar-refractivity contribution in [3.63, 3.8) is 0 Å². The molecule has 1 atom stereocenters. The topological polar surface area (TPSA) is 75.6 Å². The maximum absolute atomic E-state index is 13.5. The molecule has 3 aromatic rings. The number of para-hydroxylation sites is 2. The molecular formula is C24H24N4O3. The molecule has 0 aliphatic carbocycles. The van der Waals surface area contributed by atoms with Gasteiger partial charge in [0.2, 0.25) is 11.8 Å². The summed E-state index contributed by atoms with van der Waals surface area (Å²) in [6.45, 7) is 1.20. The van der Waals surface area contributed by atoms with Crippen LogP contribution in [0.4, 0.5) is 5.69 Å². The van der Waals surface area contributed by atoms with Gasteiger partial charge in [0.05, 0.1) is 18.7 Å². The maximum Gasteiger partial charge on any atom is 0.228 e. The van der Waals surface area contributed by atoms with E-state index in [1.165, 1.54) is 0 Å². The van der Waals surface area contributed by atoms with Gasteiger partial charge in [0.1, 0.15) is 5.75 Å². The first-order valence-electron chi connectivity index (χ1n) is 10.2. The molecule has 1 aliphatic rings. The summed E-state index contributed by atoms with van der Waals surface area (Å²) < 4.78 is 5.41. The van der Waals surface area contributed by atoms with Gasteiger partial charge in [-0.3, -0.25) is 19.6 Å². The summed E-state index contributed by atoms with van der Waals surface area (Å²) in [5.41, 5.74) is 2.62. The number of anilines is 1. The molecule has 0 spiro atoms. The summed E-state index contributed by atoms with van der Waals surface area (Å²) in [4.78, 5) is 37.9. The highest BCUT2D eigenvalue weighted by atomic mass is 16.5. The summed E-state index contributed by atoms with van der Waals surface area (Å²) >= 11 is 0. The lowest BCUT2D eigenvalue weighted by Gasteiger charge is -2.26. The standard InChI is InChI=1S/C24H24N4O3/c1-31-22-7-3-2-6-21(22)28-17-20(13-23(28)29)24(30)27(15-18-8-11-25-12-9-18)16-19-5-4-10-26-14-19/h2-12,14,20H,13,15-17H2,1H3. The van der Waals surface area contributed by atoms with Crippen molar-refractivity contribution < 1.29 is 14.3 Å². The third-order valence-corrected chi connectivity index (χ3v) is 5.38. The van der Waals surface area contributed by atoms with Crippen molar-refractivity contribution in [1.29, 1.82) is 0 Å². The van der Waals surface area contributed by atoms with Crippen molar-refractivity contribution in [3.8, 4) is 5.75 Å². The normalized spacial score (nSPS) is 15.7. The predicted octanol–water partition coefficient (Wildman–Crippen LogP) is 3.07. The molecule has 0 N–H and O–H groups in total. The van der Waals surface area contributed by atoms with Gasteiger partial charge in [-0.2, -0.15) is 0 Å². The number of hydrogen-bond acceptors (Lipinski definition) is 5. The van der Waals surface area contributed by atoms with Gasteiger partial charge in [-0.15, -0.1) is 0 Å². The van der Waals surface area contributed by atoms with E-state index >= 15 is 0 Å². The van der Waals surface area contributed by atoms with E-state index in [1.54, 1.807) is 41.7 Å². The number of carbonyl (C=O) groups is 2. The quantitative estimate of drug-likeness (QED) is 0.592. The number of carbonyl (C=O) groups excluding carboxylic acids is 2. The number of amides is 2. The molecule has 1 fully saturated rings. The lowest BCUT2D eigenvalue weighted by atomic mass is 10.1. The molecule has 1 aromatic carbocycles. The molecule has 0 saturated carbocycles. The average Bonchev–Trinajstić information content (AvgIpc) is 3.21. The van der Waals surface area contributed by atoms with E-state index in [-0.39, 0.29) is 18.2 Å². The van der Waals surface area contributed by atoms with Crippen LogP contribution in [-0.2, 0) is 22.7 Å². The zero-order chi connectivity index (χ0) is 21.6. The molecule has 1 unspecified atom stereocenters. The maximum atomic E-state index is 13.5. The van der Waals surface area contributed by atoms with E-state index in [0.717, 1.165) is 11.1 Å². The first-order chi connectivity index (χ1) is 15.2. The Hall–Kier alpha value is -3.74. The van der Waals surface area contributed by atoms with Crippen molar-refractivity contribution in [2.24, 2.45) is 5.92 Å². The van der Waals surface area contributed by atoms with Crippen molar-refractivity contribution in [3.05, 3.63) is 84.4 Å². The molecular weight excluding hydrogens is 392 g/mol. The Balaban J connectivity index is 1.55. The van der Waals surface area contributed by atoms with Crippen LogP contribution >= 0.6 is 0 Å². The van der Waals surface area contributed by atoms with Crippen molar-refractivity contribution in [1.82, 2.24) is 14.9 Å². The number of methoxy groups -OCH3 is 1. The van der Waals surface area contributed by atoms with Crippen molar-refractivity contribution >= 4 is 17.5 Å². The van der Waals surface area contributed by atoms with Crippen LogP contribution in [-0.4, -0.2) is 40.3 Å². The summed E-state index contributed by atoms with van der Waals surface area (Å²) in [6, 6.07) is 15.0. The molecule has 0 bridgehead atoms. The minimum Gasteiger partial charge on any atom is -0.495 e. The third-order valence-electron chi connectivity index (χ3n) is 5.38. The predicted molar refractivity (Wildman–Crippen MR) is 116 cm³/mol. The highest BCUT2D eigenvalue weighted by Crippen LogP contribution is 2.33. The lowest BCUT2D eigenvalue weighted by Crippen LogP contribution is -2.36. The first kappa shape index (κ1) is 20.5. The number of pyridine rings is 2. The number of aromatic nitrogens is 2. The molecule has 158 valence electrons. The molecule has 31 heavy (non-hydrogen) atoms. The Labute approximate surface area is 181 Å². The largest absolute Gasteiger partial charge is 0.495 e. The minimum atomic E-state index is -0.420. The minimum absolute atomic E-state index is 0.0496.